The van der Waals surface area contributed by atoms with Crippen molar-refractivity contribution in [3.8, 4) is 11.1 Å². The maximum absolute atomic E-state index is 13.1. The minimum Gasteiger partial charge on any atom is -0.549 e. The average Bonchev–Trinajstić information content (AvgIpc) is 2.93. The SMILES string of the molecule is C[C@@H](Sc1ncnc2scc(-c3ccc(F)cc3)c12)C(=O)[O-]. The van der Waals surface area contributed by atoms with Crippen LogP contribution in [0.15, 0.2) is 41.0 Å². The number of carboxylic acids is 1. The van der Waals surface area contributed by atoms with Gasteiger partial charge in [-0.15, -0.1) is 11.3 Å². The van der Waals surface area contributed by atoms with Gasteiger partial charge in [-0.25, -0.2) is 14.4 Å². The van der Waals surface area contributed by atoms with Crippen molar-refractivity contribution < 1.29 is 14.3 Å². The molecule has 2 aromatic heterocycles. The molecule has 22 heavy (non-hydrogen) atoms. The first-order chi connectivity index (χ1) is 10.6. The van der Waals surface area contributed by atoms with Gasteiger partial charge in [-0.2, -0.15) is 0 Å². The van der Waals surface area contributed by atoms with Crippen LogP contribution in [0.25, 0.3) is 21.3 Å². The van der Waals surface area contributed by atoms with Gasteiger partial charge in [0.2, 0.25) is 0 Å². The van der Waals surface area contributed by atoms with E-state index >= 15 is 0 Å². The van der Waals surface area contributed by atoms with Gasteiger partial charge in [0.25, 0.3) is 0 Å². The van der Waals surface area contributed by atoms with Crippen molar-refractivity contribution in [2.75, 3.05) is 0 Å². The third kappa shape index (κ3) is 2.82. The fraction of sp³-hybridized carbons (Fsp3) is 0.133. The molecule has 3 aromatic rings. The zero-order chi connectivity index (χ0) is 15.7. The smallest absolute Gasteiger partial charge is 0.128 e. The highest BCUT2D eigenvalue weighted by Crippen LogP contribution is 2.38. The monoisotopic (exact) mass is 333 g/mol. The number of rotatable bonds is 4. The van der Waals surface area contributed by atoms with Crippen LogP contribution in [0, 0.1) is 5.82 Å². The topological polar surface area (TPSA) is 65.9 Å². The van der Waals surface area contributed by atoms with Gasteiger partial charge in [0.05, 0.1) is 11.4 Å². The summed E-state index contributed by atoms with van der Waals surface area (Å²) in [5.41, 5.74) is 1.71. The van der Waals surface area contributed by atoms with Gasteiger partial charge < -0.3 is 9.90 Å². The summed E-state index contributed by atoms with van der Waals surface area (Å²) in [5.74, 6) is -1.45. The third-order valence-corrected chi connectivity index (χ3v) is 5.08. The molecule has 0 aliphatic rings. The highest BCUT2D eigenvalue weighted by atomic mass is 32.2. The maximum atomic E-state index is 13.1. The number of thiophene rings is 1. The van der Waals surface area contributed by atoms with Crippen LogP contribution in [-0.4, -0.2) is 21.2 Å². The van der Waals surface area contributed by atoms with Crippen LogP contribution in [-0.2, 0) is 4.79 Å². The van der Waals surface area contributed by atoms with E-state index in [1.54, 1.807) is 19.1 Å². The van der Waals surface area contributed by atoms with Gasteiger partial charge in [-0.3, -0.25) is 0 Å². The molecule has 0 saturated heterocycles. The zero-order valence-electron chi connectivity index (χ0n) is 11.4. The lowest BCUT2D eigenvalue weighted by molar-refractivity contribution is -0.304. The molecule has 1 aromatic carbocycles. The Morgan fingerprint density at radius 2 is 2.05 bits per heavy atom. The average molecular weight is 333 g/mol. The summed E-state index contributed by atoms with van der Waals surface area (Å²) in [6.45, 7) is 1.55. The Labute approximate surface area is 134 Å². The molecule has 0 saturated carbocycles. The Balaban J connectivity index is 2.12. The van der Waals surface area contributed by atoms with Crippen LogP contribution in [0.2, 0.25) is 0 Å². The fourth-order valence-electron chi connectivity index (χ4n) is 1.99. The molecular formula is C15H10FN2O2S2-. The molecule has 0 amide bonds. The predicted octanol–water partition coefficient (Wildman–Crippen LogP) is 2.73. The van der Waals surface area contributed by atoms with Crippen molar-refractivity contribution >= 4 is 39.3 Å². The number of fused-ring (bicyclic) bond motifs is 1. The lowest BCUT2D eigenvalue weighted by atomic mass is 10.1. The Kier molecular flexibility index (Phi) is 4.08. The standard InChI is InChI=1S/C15H11FN2O2S2/c1-8(15(19)20)22-14-12-11(6-21-13(12)17-7-18-14)9-2-4-10(16)5-3-9/h2-8H,1H3,(H,19,20)/p-1/t8-/m1/s1. The molecule has 0 aliphatic heterocycles. The summed E-state index contributed by atoms with van der Waals surface area (Å²) in [6.07, 6.45) is 1.41. The number of hydrogen-bond acceptors (Lipinski definition) is 6. The number of carboxylic acid groups (broad SMARTS) is 1. The van der Waals surface area contributed by atoms with Crippen LogP contribution in [0.5, 0.6) is 0 Å². The number of aliphatic carboxylic acids is 1. The first-order valence-corrected chi connectivity index (χ1v) is 8.18. The molecule has 0 unspecified atom stereocenters. The highest BCUT2D eigenvalue weighted by molar-refractivity contribution is 8.00. The van der Waals surface area contributed by atoms with E-state index in [4.69, 9.17) is 0 Å². The van der Waals surface area contributed by atoms with Gasteiger partial charge in [-0.05, 0) is 24.6 Å². The molecule has 4 nitrogen and oxygen atoms in total. The lowest BCUT2D eigenvalue weighted by Crippen LogP contribution is -2.31. The first kappa shape index (κ1) is 14.9. The highest BCUT2D eigenvalue weighted by Gasteiger charge is 2.16. The second-order valence-electron chi connectivity index (χ2n) is 4.59. The Hall–Kier alpha value is -1.99. The van der Waals surface area contributed by atoms with E-state index < -0.39 is 11.2 Å². The lowest BCUT2D eigenvalue weighted by Gasteiger charge is -2.12. The number of thioether (sulfide) groups is 1. The third-order valence-electron chi connectivity index (χ3n) is 3.11. The van der Waals surface area contributed by atoms with E-state index in [0.29, 0.717) is 5.03 Å². The Morgan fingerprint density at radius 1 is 1.32 bits per heavy atom. The molecule has 7 heteroatoms. The number of carbonyl (C=O) groups is 1. The van der Waals surface area contributed by atoms with E-state index in [1.165, 1.54) is 29.8 Å². The van der Waals surface area contributed by atoms with Gasteiger partial charge in [-0.1, -0.05) is 23.9 Å². The largest absolute Gasteiger partial charge is 0.549 e. The summed E-state index contributed by atoms with van der Waals surface area (Å²) in [5, 5.41) is 13.5. The van der Waals surface area contributed by atoms with Crippen LogP contribution >= 0.6 is 23.1 Å². The molecule has 3 rings (SSSR count). The number of carbonyl (C=O) groups excluding carboxylic acids is 1. The van der Waals surface area contributed by atoms with Crippen molar-refractivity contribution in [3.63, 3.8) is 0 Å². The van der Waals surface area contributed by atoms with E-state index in [2.05, 4.69) is 9.97 Å². The minimum absolute atomic E-state index is 0.306. The van der Waals surface area contributed by atoms with Crippen molar-refractivity contribution in [1.29, 1.82) is 0 Å². The quantitative estimate of drug-likeness (QED) is 0.542. The first-order valence-electron chi connectivity index (χ1n) is 6.42. The van der Waals surface area contributed by atoms with Crippen LogP contribution < -0.4 is 5.11 Å². The molecule has 0 fully saturated rings. The van der Waals surface area contributed by atoms with E-state index in [-0.39, 0.29) is 5.82 Å². The molecule has 0 radical (unpaired) electrons. The van der Waals surface area contributed by atoms with Crippen LogP contribution in [0.3, 0.4) is 0 Å². The number of halogens is 1. The summed E-state index contributed by atoms with van der Waals surface area (Å²) in [7, 11) is 0. The van der Waals surface area contributed by atoms with E-state index in [9.17, 15) is 14.3 Å². The number of nitrogens with zero attached hydrogens (tertiary/aromatic N) is 2. The van der Waals surface area contributed by atoms with Crippen molar-refractivity contribution in [3.05, 3.63) is 41.8 Å². The molecular weight excluding hydrogens is 323 g/mol. The molecule has 112 valence electrons. The fourth-order valence-corrected chi connectivity index (χ4v) is 3.84. The van der Waals surface area contributed by atoms with Crippen LogP contribution in [0.4, 0.5) is 4.39 Å². The number of benzene rings is 1. The maximum Gasteiger partial charge on any atom is 0.128 e. The second kappa shape index (κ2) is 6.02. The normalized spacial score (nSPS) is 12.5. The van der Waals surface area contributed by atoms with Crippen molar-refractivity contribution in [1.82, 2.24) is 9.97 Å². The number of aromatic nitrogens is 2. The van der Waals surface area contributed by atoms with Gasteiger partial charge in [0.15, 0.2) is 0 Å². The van der Waals surface area contributed by atoms with Gasteiger partial charge >= 0.3 is 0 Å². The zero-order valence-corrected chi connectivity index (χ0v) is 13.1. The summed E-state index contributed by atoms with van der Waals surface area (Å²) in [4.78, 5) is 20.1. The molecule has 0 N–H and O–H groups in total. The Morgan fingerprint density at radius 3 is 2.73 bits per heavy atom. The summed E-state index contributed by atoms with van der Waals surface area (Å²) < 4.78 is 13.1. The van der Waals surface area contributed by atoms with Crippen molar-refractivity contribution in [2.45, 2.75) is 17.2 Å². The van der Waals surface area contributed by atoms with Crippen molar-refractivity contribution in [2.24, 2.45) is 0 Å². The minimum atomic E-state index is -1.14. The molecule has 0 spiro atoms. The number of hydrogen-bond donors (Lipinski definition) is 0. The summed E-state index contributed by atoms with van der Waals surface area (Å²) in [6, 6.07) is 6.14. The Bertz CT molecular complexity index is 833. The van der Waals surface area contributed by atoms with Gasteiger partial charge in [0, 0.05) is 16.2 Å². The van der Waals surface area contributed by atoms with Gasteiger partial charge in [0.1, 0.15) is 22.0 Å². The van der Waals surface area contributed by atoms with E-state index in [0.717, 1.165) is 33.1 Å². The van der Waals surface area contributed by atoms with Crippen LogP contribution in [0.1, 0.15) is 6.92 Å². The summed E-state index contributed by atoms with van der Waals surface area (Å²) >= 11 is 2.56. The molecule has 0 aliphatic carbocycles. The predicted molar refractivity (Wildman–Crippen MR) is 83.1 cm³/mol. The molecule has 1 atom stereocenters. The molecule has 0 bridgehead atoms. The second-order valence-corrected chi connectivity index (χ2v) is 6.78. The molecule has 2 heterocycles. The van der Waals surface area contributed by atoms with E-state index in [1.807, 2.05) is 5.38 Å².